The first-order valence-electron chi connectivity index (χ1n) is 7.06. The van der Waals surface area contributed by atoms with E-state index in [0.29, 0.717) is 6.61 Å². The number of nitrogens with one attached hydrogen (secondary N) is 2. The normalized spacial score (nSPS) is 11.1. The minimum atomic E-state index is 0.659. The molecule has 0 fully saturated rings. The zero-order valence-electron chi connectivity index (χ0n) is 12.1. The van der Waals surface area contributed by atoms with Crippen molar-refractivity contribution in [2.45, 2.75) is 19.7 Å². The molecule has 0 radical (unpaired) electrons. The van der Waals surface area contributed by atoms with E-state index in [4.69, 9.17) is 4.74 Å². The Kier molecular flexibility index (Phi) is 4.28. The summed E-state index contributed by atoms with van der Waals surface area (Å²) in [5.74, 6) is 0.965. The zero-order chi connectivity index (χ0) is 14.5. The van der Waals surface area contributed by atoms with Crippen molar-refractivity contribution < 1.29 is 4.74 Å². The van der Waals surface area contributed by atoms with Crippen LogP contribution in [0.1, 0.15) is 17.0 Å². The number of hydrogen-bond donors (Lipinski definition) is 2. The average molecular weight is 281 g/mol. The summed E-state index contributed by atoms with van der Waals surface area (Å²) in [6, 6.07) is 16.5. The van der Waals surface area contributed by atoms with Crippen LogP contribution < -0.4 is 5.32 Å². The van der Waals surface area contributed by atoms with Crippen LogP contribution >= 0.6 is 0 Å². The number of aromatic nitrogens is 2. The van der Waals surface area contributed by atoms with Gasteiger partial charge in [0.1, 0.15) is 5.82 Å². The van der Waals surface area contributed by atoms with Crippen LogP contribution in [0.2, 0.25) is 0 Å². The molecule has 0 aliphatic carbocycles. The molecule has 0 saturated carbocycles. The molecule has 0 bridgehead atoms. The monoisotopic (exact) mass is 281 g/mol. The van der Waals surface area contributed by atoms with E-state index in [0.717, 1.165) is 29.9 Å². The van der Waals surface area contributed by atoms with Gasteiger partial charge in [0.2, 0.25) is 0 Å². The molecule has 0 atom stereocenters. The van der Waals surface area contributed by atoms with Gasteiger partial charge >= 0.3 is 0 Å². The summed E-state index contributed by atoms with van der Waals surface area (Å²) in [5, 5.41) is 3.41. The molecule has 0 aliphatic rings. The number of nitrogens with zero attached hydrogens (tertiary/aromatic N) is 1. The second-order valence-electron chi connectivity index (χ2n) is 5.05. The summed E-state index contributed by atoms with van der Waals surface area (Å²) in [4.78, 5) is 7.87. The van der Waals surface area contributed by atoms with Gasteiger partial charge < -0.3 is 15.0 Å². The van der Waals surface area contributed by atoms with E-state index >= 15 is 0 Å². The van der Waals surface area contributed by atoms with Gasteiger partial charge in [-0.15, -0.1) is 0 Å². The molecule has 4 nitrogen and oxygen atoms in total. The van der Waals surface area contributed by atoms with Crippen molar-refractivity contribution in [1.29, 1.82) is 0 Å². The molecule has 3 rings (SSSR count). The number of benzene rings is 2. The molecule has 1 heterocycles. The highest BCUT2D eigenvalue weighted by molar-refractivity contribution is 5.74. The summed E-state index contributed by atoms with van der Waals surface area (Å²) in [5.41, 5.74) is 4.54. The van der Waals surface area contributed by atoms with Gasteiger partial charge in [0.15, 0.2) is 0 Å². The summed E-state index contributed by atoms with van der Waals surface area (Å²) >= 11 is 0. The fourth-order valence-corrected chi connectivity index (χ4v) is 2.33. The second kappa shape index (κ2) is 6.52. The predicted molar refractivity (Wildman–Crippen MR) is 83.8 cm³/mol. The molecule has 0 aliphatic heterocycles. The highest BCUT2D eigenvalue weighted by atomic mass is 16.5. The maximum atomic E-state index is 5.11. The van der Waals surface area contributed by atoms with Gasteiger partial charge in [0, 0.05) is 13.7 Å². The number of methoxy groups -OCH3 is 1. The van der Waals surface area contributed by atoms with Gasteiger partial charge in [-0.2, -0.15) is 0 Å². The van der Waals surface area contributed by atoms with Crippen LogP contribution in [-0.4, -0.2) is 17.1 Å². The number of H-pyrrole nitrogens is 1. The topological polar surface area (TPSA) is 49.9 Å². The Balaban J connectivity index is 1.55. The van der Waals surface area contributed by atoms with Gasteiger partial charge in [-0.05, 0) is 23.3 Å². The van der Waals surface area contributed by atoms with Crippen LogP contribution in [0.25, 0.3) is 11.0 Å². The van der Waals surface area contributed by atoms with E-state index < -0.39 is 0 Å². The van der Waals surface area contributed by atoms with Crippen molar-refractivity contribution in [2.75, 3.05) is 7.11 Å². The molecule has 2 N–H and O–H groups in total. The largest absolute Gasteiger partial charge is 0.380 e. The first kappa shape index (κ1) is 13.8. The summed E-state index contributed by atoms with van der Waals surface area (Å²) < 4.78 is 5.11. The Morgan fingerprint density at radius 3 is 2.52 bits per heavy atom. The number of rotatable bonds is 6. The van der Waals surface area contributed by atoms with E-state index in [2.05, 4.69) is 39.6 Å². The van der Waals surface area contributed by atoms with Crippen molar-refractivity contribution in [2.24, 2.45) is 0 Å². The minimum Gasteiger partial charge on any atom is -0.380 e. The molecule has 0 unspecified atom stereocenters. The highest BCUT2D eigenvalue weighted by Gasteiger charge is 2.01. The van der Waals surface area contributed by atoms with Crippen molar-refractivity contribution in [1.82, 2.24) is 15.3 Å². The second-order valence-corrected chi connectivity index (χ2v) is 5.05. The van der Waals surface area contributed by atoms with Crippen LogP contribution in [0.3, 0.4) is 0 Å². The third kappa shape index (κ3) is 3.48. The van der Waals surface area contributed by atoms with Crippen LogP contribution in [0.5, 0.6) is 0 Å². The van der Waals surface area contributed by atoms with Gasteiger partial charge in [-0.25, -0.2) is 4.98 Å². The summed E-state index contributed by atoms with van der Waals surface area (Å²) in [6.07, 6.45) is 0. The lowest BCUT2D eigenvalue weighted by atomic mass is 10.1. The first-order chi connectivity index (χ1) is 10.3. The van der Waals surface area contributed by atoms with Crippen molar-refractivity contribution in [3.63, 3.8) is 0 Å². The maximum Gasteiger partial charge on any atom is 0.121 e. The zero-order valence-corrected chi connectivity index (χ0v) is 12.1. The van der Waals surface area contributed by atoms with Crippen LogP contribution in [0.15, 0.2) is 48.5 Å². The molecule has 2 aromatic carbocycles. The molecule has 0 spiro atoms. The molecule has 3 aromatic rings. The van der Waals surface area contributed by atoms with Crippen LogP contribution in [0.4, 0.5) is 0 Å². The molecule has 4 heteroatoms. The number of fused-ring (bicyclic) bond motifs is 1. The van der Waals surface area contributed by atoms with Gasteiger partial charge in [-0.3, -0.25) is 0 Å². The number of ether oxygens (including phenoxy) is 1. The fourth-order valence-electron chi connectivity index (χ4n) is 2.33. The molecule has 0 saturated heterocycles. The predicted octanol–water partition coefficient (Wildman–Crippen LogP) is 3.00. The van der Waals surface area contributed by atoms with E-state index in [1.807, 2.05) is 24.3 Å². The molecular weight excluding hydrogens is 262 g/mol. The maximum absolute atomic E-state index is 5.11. The number of aromatic amines is 1. The lowest BCUT2D eigenvalue weighted by Gasteiger charge is -2.05. The molecule has 1 aromatic heterocycles. The third-order valence-corrected chi connectivity index (χ3v) is 3.39. The minimum absolute atomic E-state index is 0.659. The van der Waals surface area contributed by atoms with Crippen LogP contribution in [0, 0.1) is 0 Å². The Labute approximate surface area is 124 Å². The standard InChI is InChI=1S/C17H19N3O/c1-21-12-14-8-6-13(7-9-14)10-18-11-17-19-15-4-2-3-5-16(15)20-17/h2-9,18H,10-12H2,1H3,(H,19,20). The summed E-state index contributed by atoms with van der Waals surface area (Å²) in [6.45, 7) is 2.21. The number of hydrogen-bond acceptors (Lipinski definition) is 3. The lowest BCUT2D eigenvalue weighted by Crippen LogP contribution is -2.13. The van der Waals surface area contributed by atoms with Crippen molar-refractivity contribution in [3.8, 4) is 0 Å². The van der Waals surface area contributed by atoms with E-state index in [1.165, 1.54) is 11.1 Å². The Hall–Kier alpha value is -2.17. The number of imidazole rings is 1. The SMILES string of the molecule is COCc1ccc(CNCc2nc3ccccc3[nH]2)cc1. The average Bonchev–Trinajstić information content (AvgIpc) is 2.92. The molecule has 21 heavy (non-hydrogen) atoms. The highest BCUT2D eigenvalue weighted by Crippen LogP contribution is 2.10. The Morgan fingerprint density at radius 1 is 1.00 bits per heavy atom. The van der Waals surface area contributed by atoms with Crippen molar-refractivity contribution in [3.05, 3.63) is 65.5 Å². The van der Waals surface area contributed by atoms with Crippen molar-refractivity contribution >= 4 is 11.0 Å². The fraction of sp³-hybridized carbons (Fsp3) is 0.235. The van der Waals surface area contributed by atoms with Gasteiger partial charge in [0.25, 0.3) is 0 Å². The molecular formula is C17H19N3O. The third-order valence-electron chi connectivity index (χ3n) is 3.39. The van der Waals surface area contributed by atoms with Crippen LogP contribution in [-0.2, 0) is 24.4 Å². The van der Waals surface area contributed by atoms with Gasteiger partial charge in [0.05, 0.1) is 24.2 Å². The Morgan fingerprint density at radius 2 is 1.76 bits per heavy atom. The smallest absolute Gasteiger partial charge is 0.121 e. The molecule has 108 valence electrons. The van der Waals surface area contributed by atoms with E-state index in [9.17, 15) is 0 Å². The first-order valence-corrected chi connectivity index (χ1v) is 7.06. The molecule has 0 amide bonds. The Bertz CT molecular complexity index is 670. The quantitative estimate of drug-likeness (QED) is 0.730. The number of para-hydroxylation sites is 2. The summed E-state index contributed by atoms with van der Waals surface area (Å²) in [7, 11) is 1.71. The van der Waals surface area contributed by atoms with E-state index in [-0.39, 0.29) is 0 Å². The van der Waals surface area contributed by atoms with Gasteiger partial charge in [-0.1, -0.05) is 36.4 Å². The van der Waals surface area contributed by atoms with E-state index in [1.54, 1.807) is 7.11 Å². The lowest BCUT2D eigenvalue weighted by molar-refractivity contribution is 0.185.